The van der Waals surface area contributed by atoms with Crippen molar-refractivity contribution in [2.45, 2.75) is 13.0 Å². The van der Waals surface area contributed by atoms with Crippen LogP contribution in [0.1, 0.15) is 22.8 Å². The third-order valence-electron chi connectivity index (χ3n) is 4.62. The van der Waals surface area contributed by atoms with Gasteiger partial charge in [0.2, 0.25) is 15.9 Å². The Morgan fingerprint density at radius 2 is 1.58 bits per heavy atom. The van der Waals surface area contributed by atoms with E-state index in [4.69, 9.17) is 0 Å². The highest BCUT2D eigenvalue weighted by molar-refractivity contribution is 7.92. The Hall–Kier alpha value is -3.52. The molecule has 3 aromatic carbocycles. The van der Waals surface area contributed by atoms with Crippen molar-refractivity contribution in [3.63, 3.8) is 0 Å². The molecule has 0 aliphatic rings. The summed E-state index contributed by atoms with van der Waals surface area (Å²) in [4.78, 5) is 25.8. The molecule has 0 spiro atoms. The first kappa shape index (κ1) is 22.2. The molecule has 3 aromatic rings. The van der Waals surface area contributed by atoms with Crippen molar-refractivity contribution in [1.82, 2.24) is 0 Å². The minimum absolute atomic E-state index is 0.0267. The van der Waals surface area contributed by atoms with Gasteiger partial charge in [0.05, 0.1) is 17.6 Å². The molecule has 0 aliphatic heterocycles. The van der Waals surface area contributed by atoms with E-state index in [1.807, 2.05) is 0 Å². The number of amides is 1. The Kier molecular flexibility index (Phi) is 6.50. The molecule has 0 fully saturated rings. The highest BCUT2D eigenvalue weighted by Crippen LogP contribution is 2.24. The summed E-state index contributed by atoms with van der Waals surface area (Å²) in [5.74, 6) is -1.57. The first-order valence-corrected chi connectivity index (χ1v) is 11.3. The molecule has 1 unspecified atom stereocenters. The number of ketones is 1. The lowest BCUT2D eigenvalue weighted by Crippen LogP contribution is -2.45. The van der Waals surface area contributed by atoms with Crippen molar-refractivity contribution in [2.75, 3.05) is 15.9 Å². The number of carbonyl (C=O) groups excluding carboxylic acids is 2. The largest absolute Gasteiger partial charge is 0.324 e. The number of para-hydroxylation sites is 1. The maximum Gasteiger partial charge on any atom is 0.248 e. The molecule has 0 aliphatic carbocycles. The highest BCUT2D eigenvalue weighted by Gasteiger charge is 2.30. The fourth-order valence-corrected chi connectivity index (χ4v) is 4.36. The van der Waals surface area contributed by atoms with Gasteiger partial charge in [0.1, 0.15) is 11.9 Å². The lowest BCUT2D eigenvalue weighted by molar-refractivity contribution is -0.116. The smallest absolute Gasteiger partial charge is 0.248 e. The van der Waals surface area contributed by atoms with E-state index < -0.39 is 27.8 Å². The highest BCUT2D eigenvalue weighted by atomic mass is 32.2. The third-order valence-corrected chi connectivity index (χ3v) is 5.86. The van der Waals surface area contributed by atoms with Crippen LogP contribution in [0.4, 0.5) is 15.8 Å². The van der Waals surface area contributed by atoms with Crippen LogP contribution in [-0.2, 0) is 14.8 Å². The van der Waals surface area contributed by atoms with Gasteiger partial charge < -0.3 is 5.32 Å². The van der Waals surface area contributed by atoms with Gasteiger partial charge in [-0.05, 0) is 37.3 Å². The fourth-order valence-electron chi connectivity index (χ4n) is 3.19. The summed E-state index contributed by atoms with van der Waals surface area (Å²) < 4.78 is 39.3. The summed E-state index contributed by atoms with van der Waals surface area (Å²) in [5.41, 5.74) is 1.00. The summed E-state index contributed by atoms with van der Waals surface area (Å²) in [6, 6.07) is 18.9. The van der Waals surface area contributed by atoms with Crippen molar-refractivity contribution in [3.05, 3.63) is 95.8 Å². The second kappa shape index (κ2) is 9.09. The lowest BCUT2D eigenvalue weighted by atomic mass is 10.0. The van der Waals surface area contributed by atoms with Crippen LogP contribution in [0.2, 0.25) is 0 Å². The van der Waals surface area contributed by atoms with Gasteiger partial charge >= 0.3 is 0 Å². The maximum absolute atomic E-state index is 13.7. The van der Waals surface area contributed by atoms with E-state index in [0.717, 1.165) is 16.6 Å². The van der Waals surface area contributed by atoms with Gasteiger partial charge in [-0.25, -0.2) is 12.8 Å². The van der Waals surface area contributed by atoms with Gasteiger partial charge in [-0.2, -0.15) is 0 Å². The molecule has 8 heteroatoms. The van der Waals surface area contributed by atoms with E-state index in [2.05, 4.69) is 5.32 Å². The van der Waals surface area contributed by atoms with Crippen molar-refractivity contribution >= 4 is 33.1 Å². The van der Waals surface area contributed by atoms with Crippen LogP contribution >= 0.6 is 0 Å². The molecular formula is C23H21FN2O4S. The van der Waals surface area contributed by atoms with Crippen molar-refractivity contribution in [1.29, 1.82) is 0 Å². The first-order valence-electron chi connectivity index (χ1n) is 9.43. The molecule has 0 radical (unpaired) electrons. The van der Waals surface area contributed by atoms with Gasteiger partial charge in [-0.1, -0.05) is 48.5 Å². The van der Waals surface area contributed by atoms with E-state index in [-0.39, 0.29) is 22.7 Å². The molecule has 160 valence electrons. The second-order valence-corrected chi connectivity index (χ2v) is 8.80. The number of sulfonamides is 1. The van der Waals surface area contributed by atoms with Crippen LogP contribution in [0.15, 0.2) is 78.9 Å². The minimum Gasteiger partial charge on any atom is -0.324 e. The average Bonchev–Trinajstić information content (AvgIpc) is 2.73. The monoisotopic (exact) mass is 440 g/mol. The van der Waals surface area contributed by atoms with Crippen LogP contribution < -0.4 is 9.62 Å². The van der Waals surface area contributed by atoms with Crippen molar-refractivity contribution < 1.29 is 22.4 Å². The topological polar surface area (TPSA) is 83.6 Å². The Bertz CT molecular complexity index is 1210. The van der Waals surface area contributed by atoms with E-state index in [1.165, 1.54) is 25.1 Å². The Morgan fingerprint density at radius 1 is 0.935 bits per heavy atom. The number of nitrogens with zero attached hydrogens (tertiary/aromatic N) is 1. The van der Waals surface area contributed by atoms with Gasteiger partial charge in [-0.3, -0.25) is 13.9 Å². The number of carbonyl (C=O) groups is 2. The minimum atomic E-state index is -3.90. The van der Waals surface area contributed by atoms with Gasteiger partial charge in [0.15, 0.2) is 5.78 Å². The second-order valence-electron chi connectivity index (χ2n) is 6.94. The molecule has 3 rings (SSSR count). The van der Waals surface area contributed by atoms with Crippen LogP contribution in [0.3, 0.4) is 0 Å². The van der Waals surface area contributed by atoms with E-state index in [9.17, 15) is 22.4 Å². The third kappa shape index (κ3) is 5.16. The number of anilines is 2. The average molecular weight is 440 g/mol. The number of rotatable bonds is 7. The SMILES string of the molecule is CC(C(=O)Nc1ccccc1C(=O)c1ccccc1)N(c1cccc(F)c1)S(C)(=O)=O. The normalized spacial score (nSPS) is 12.1. The molecule has 0 bridgehead atoms. The fraction of sp³-hybridized carbons (Fsp3) is 0.130. The molecule has 6 nitrogen and oxygen atoms in total. The molecule has 0 aromatic heterocycles. The zero-order chi connectivity index (χ0) is 22.6. The predicted molar refractivity (Wildman–Crippen MR) is 118 cm³/mol. The number of nitrogens with one attached hydrogen (secondary N) is 1. The quantitative estimate of drug-likeness (QED) is 0.566. The Morgan fingerprint density at radius 3 is 2.23 bits per heavy atom. The molecule has 1 atom stereocenters. The number of hydrogen-bond donors (Lipinski definition) is 1. The van der Waals surface area contributed by atoms with Crippen LogP contribution in [0.25, 0.3) is 0 Å². The molecule has 0 saturated heterocycles. The summed E-state index contributed by atoms with van der Waals surface area (Å²) in [7, 11) is -3.90. The summed E-state index contributed by atoms with van der Waals surface area (Å²) in [5, 5.41) is 2.64. The number of hydrogen-bond acceptors (Lipinski definition) is 4. The zero-order valence-corrected chi connectivity index (χ0v) is 17.8. The van der Waals surface area contributed by atoms with Crippen LogP contribution in [0.5, 0.6) is 0 Å². The number of benzene rings is 3. The van der Waals surface area contributed by atoms with Gasteiger partial charge in [-0.15, -0.1) is 0 Å². The van der Waals surface area contributed by atoms with Crippen molar-refractivity contribution in [2.24, 2.45) is 0 Å². The van der Waals surface area contributed by atoms with E-state index >= 15 is 0 Å². The summed E-state index contributed by atoms with van der Waals surface area (Å²) in [6.45, 7) is 1.39. The van der Waals surface area contributed by atoms with Gasteiger partial charge in [0, 0.05) is 11.1 Å². The number of halogens is 1. The van der Waals surface area contributed by atoms with Gasteiger partial charge in [0.25, 0.3) is 0 Å². The Labute approximate surface area is 180 Å². The molecule has 31 heavy (non-hydrogen) atoms. The standard InChI is InChI=1S/C23H21FN2O4S/c1-16(26(31(2,29)30)19-12-8-11-18(24)15-19)23(28)25-21-14-7-6-13-20(21)22(27)17-9-4-3-5-10-17/h3-16H,1-2H3,(H,25,28). The zero-order valence-electron chi connectivity index (χ0n) is 16.9. The molecule has 0 heterocycles. The molecule has 1 N–H and O–H groups in total. The molecular weight excluding hydrogens is 419 g/mol. The van der Waals surface area contributed by atoms with E-state index in [1.54, 1.807) is 54.6 Å². The molecule has 1 amide bonds. The van der Waals surface area contributed by atoms with Crippen molar-refractivity contribution in [3.8, 4) is 0 Å². The summed E-state index contributed by atoms with van der Waals surface area (Å²) >= 11 is 0. The summed E-state index contributed by atoms with van der Waals surface area (Å²) in [6.07, 6.45) is 0.939. The maximum atomic E-state index is 13.7. The van der Waals surface area contributed by atoms with Crippen LogP contribution in [-0.4, -0.2) is 32.4 Å². The Balaban J connectivity index is 1.91. The van der Waals surface area contributed by atoms with Crippen LogP contribution in [0, 0.1) is 5.82 Å². The predicted octanol–water partition coefficient (Wildman–Crippen LogP) is 3.85. The first-order chi connectivity index (χ1) is 14.7. The lowest BCUT2D eigenvalue weighted by Gasteiger charge is -2.28. The molecule has 0 saturated carbocycles. The van der Waals surface area contributed by atoms with E-state index in [0.29, 0.717) is 5.56 Å².